The lowest BCUT2D eigenvalue weighted by molar-refractivity contribution is 0.281. The largest absolute Gasteiger partial charge is 0.373 e. The summed E-state index contributed by atoms with van der Waals surface area (Å²) in [5.41, 5.74) is 4.54. The van der Waals surface area contributed by atoms with E-state index in [9.17, 15) is 0 Å². The summed E-state index contributed by atoms with van der Waals surface area (Å²) in [6.45, 7) is 5.03. The molecule has 4 heterocycles. The Labute approximate surface area is 183 Å². The van der Waals surface area contributed by atoms with E-state index in [1.807, 2.05) is 0 Å². The van der Waals surface area contributed by atoms with Crippen LogP contribution < -0.4 is 10.6 Å². The Morgan fingerprint density at radius 2 is 0.935 bits per heavy atom. The molecule has 0 radical (unpaired) electrons. The lowest BCUT2D eigenvalue weighted by Gasteiger charge is -2.37. The van der Waals surface area contributed by atoms with E-state index in [-0.39, 0.29) is 12.2 Å². The Kier molecular flexibility index (Phi) is 5.30. The van der Waals surface area contributed by atoms with Gasteiger partial charge in [0.1, 0.15) is 5.66 Å². The zero-order valence-corrected chi connectivity index (χ0v) is 17.7. The van der Waals surface area contributed by atoms with E-state index in [1.54, 1.807) is 0 Å². The molecule has 2 aromatic carbocycles. The van der Waals surface area contributed by atoms with Crippen molar-refractivity contribution >= 4 is 0 Å². The van der Waals surface area contributed by atoms with Crippen LogP contribution in [0.2, 0.25) is 0 Å². The summed E-state index contributed by atoms with van der Waals surface area (Å²) in [5.74, 6) is 0. The van der Waals surface area contributed by atoms with Gasteiger partial charge in [-0.1, -0.05) is 48.5 Å². The van der Waals surface area contributed by atoms with Crippen molar-refractivity contribution in [2.24, 2.45) is 0 Å². The maximum atomic E-state index is 5.51. The molecular formula is C25H30N2O4. The first-order valence-corrected chi connectivity index (χ1v) is 11.4. The van der Waals surface area contributed by atoms with E-state index in [2.05, 4.69) is 59.2 Å². The molecule has 4 aliphatic rings. The van der Waals surface area contributed by atoms with Crippen molar-refractivity contribution in [1.29, 1.82) is 0 Å². The second-order valence-corrected chi connectivity index (χ2v) is 9.14. The Hall–Kier alpha value is -1.80. The minimum Gasteiger partial charge on any atom is -0.373 e. The molecular weight excluding hydrogens is 392 g/mol. The molecule has 4 atom stereocenters. The van der Waals surface area contributed by atoms with E-state index < -0.39 is 5.66 Å². The van der Waals surface area contributed by atoms with Crippen molar-refractivity contribution < 1.29 is 18.9 Å². The van der Waals surface area contributed by atoms with Crippen molar-refractivity contribution in [3.8, 4) is 0 Å². The number of hydrogen-bond donors (Lipinski definition) is 2. The summed E-state index contributed by atoms with van der Waals surface area (Å²) >= 11 is 0. The Morgan fingerprint density at radius 3 is 1.26 bits per heavy atom. The van der Waals surface area contributed by atoms with Crippen molar-refractivity contribution in [2.45, 2.75) is 42.9 Å². The summed E-state index contributed by atoms with van der Waals surface area (Å²) < 4.78 is 21.8. The van der Waals surface area contributed by atoms with Gasteiger partial charge in [0.25, 0.3) is 0 Å². The van der Waals surface area contributed by atoms with Gasteiger partial charge in [0.05, 0.1) is 50.8 Å². The van der Waals surface area contributed by atoms with E-state index in [0.717, 1.165) is 52.4 Å². The molecule has 0 saturated carbocycles. The van der Waals surface area contributed by atoms with E-state index in [4.69, 9.17) is 18.9 Å². The minimum atomic E-state index is -0.499. The molecule has 0 aliphatic carbocycles. The Bertz CT molecular complexity index is 809. The summed E-state index contributed by atoms with van der Waals surface area (Å²) in [6, 6.07) is 17.9. The summed E-state index contributed by atoms with van der Waals surface area (Å²) in [4.78, 5) is 0. The molecule has 6 nitrogen and oxygen atoms in total. The van der Waals surface area contributed by atoms with Crippen molar-refractivity contribution in [2.75, 3.05) is 39.5 Å². The molecule has 6 heteroatoms. The highest BCUT2D eigenvalue weighted by Crippen LogP contribution is 2.31. The average molecular weight is 423 g/mol. The zero-order valence-electron chi connectivity index (χ0n) is 17.7. The lowest BCUT2D eigenvalue weighted by atomic mass is 9.88. The number of nitrogens with one attached hydrogen (secondary N) is 2. The summed E-state index contributed by atoms with van der Waals surface area (Å²) in [5, 5.41) is 7.63. The number of epoxide rings is 4. The molecule has 2 aromatic rings. The van der Waals surface area contributed by atoms with Gasteiger partial charge in [-0.15, -0.1) is 0 Å². The van der Waals surface area contributed by atoms with E-state index in [1.165, 1.54) is 22.3 Å². The first-order valence-electron chi connectivity index (χ1n) is 11.4. The predicted molar refractivity (Wildman–Crippen MR) is 116 cm³/mol. The van der Waals surface area contributed by atoms with E-state index >= 15 is 0 Å². The van der Waals surface area contributed by atoms with Crippen LogP contribution in [-0.2, 0) is 37.5 Å². The fraction of sp³-hybridized carbons (Fsp3) is 0.520. The molecule has 4 unspecified atom stereocenters. The highest BCUT2D eigenvalue weighted by molar-refractivity contribution is 5.40. The van der Waals surface area contributed by atoms with Crippen molar-refractivity contribution in [3.63, 3.8) is 0 Å². The van der Waals surface area contributed by atoms with Gasteiger partial charge < -0.3 is 18.9 Å². The van der Waals surface area contributed by atoms with Crippen LogP contribution in [0, 0.1) is 0 Å². The van der Waals surface area contributed by atoms with Crippen LogP contribution >= 0.6 is 0 Å². The second kappa shape index (κ2) is 8.28. The number of rotatable bonds is 12. The van der Waals surface area contributed by atoms with E-state index in [0.29, 0.717) is 12.2 Å². The van der Waals surface area contributed by atoms with Gasteiger partial charge in [-0.25, -0.2) is 0 Å². The second-order valence-electron chi connectivity index (χ2n) is 9.14. The molecule has 6 rings (SSSR count). The maximum absolute atomic E-state index is 5.51. The molecule has 4 aliphatic heterocycles. The van der Waals surface area contributed by atoms with Crippen LogP contribution in [0.1, 0.15) is 22.3 Å². The first-order chi connectivity index (χ1) is 15.3. The molecule has 0 aromatic heterocycles. The van der Waals surface area contributed by atoms with Crippen LogP contribution in [0.3, 0.4) is 0 Å². The van der Waals surface area contributed by atoms with Crippen LogP contribution in [0.15, 0.2) is 48.5 Å². The van der Waals surface area contributed by atoms with Crippen LogP contribution in [0.5, 0.6) is 0 Å². The normalized spacial score (nSPS) is 29.9. The van der Waals surface area contributed by atoms with Crippen molar-refractivity contribution in [3.05, 3.63) is 70.8 Å². The topological polar surface area (TPSA) is 74.2 Å². The molecule has 31 heavy (non-hydrogen) atoms. The standard InChI is InChI=1S/C25H30N2O4/c1-5-19(6-2-17(1)9-21-13-28-21)25(26-11-23-15-30-23,27-12-24-16-31-24)20-7-3-18(4-8-20)10-22-14-29-22/h1-8,21-24,26-27H,9-16H2. The SMILES string of the molecule is c1cc(C(NCC2CO2)(NCC2CO2)c2ccc(CC3CO3)cc2)ccc1CC1CO1. The Morgan fingerprint density at radius 1 is 0.581 bits per heavy atom. The Balaban J connectivity index is 1.31. The third kappa shape index (κ3) is 5.00. The van der Waals surface area contributed by atoms with Gasteiger partial charge in [0, 0.05) is 25.9 Å². The first kappa shape index (κ1) is 19.9. The molecule has 2 N–H and O–H groups in total. The van der Waals surface area contributed by atoms with Gasteiger partial charge >= 0.3 is 0 Å². The highest BCUT2D eigenvalue weighted by atomic mass is 16.6. The fourth-order valence-corrected chi connectivity index (χ4v) is 4.22. The van der Waals surface area contributed by atoms with Gasteiger partial charge in [-0.2, -0.15) is 0 Å². The minimum absolute atomic E-state index is 0.288. The average Bonchev–Trinajstić information content (AvgIpc) is 3.64. The van der Waals surface area contributed by atoms with Crippen LogP contribution in [0.25, 0.3) is 0 Å². The zero-order chi connectivity index (χ0) is 20.7. The number of benzene rings is 2. The molecule has 0 bridgehead atoms. The predicted octanol–water partition coefficient (Wildman–Crippen LogP) is 1.75. The van der Waals surface area contributed by atoms with Gasteiger partial charge in [0.2, 0.25) is 0 Å². The summed E-state index contributed by atoms with van der Waals surface area (Å²) in [6.07, 6.45) is 3.34. The third-order valence-electron chi connectivity index (χ3n) is 6.50. The molecule has 4 fully saturated rings. The van der Waals surface area contributed by atoms with Gasteiger partial charge in [-0.3, -0.25) is 10.6 Å². The molecule has 4 saturated heterocycles. The van der Waals surface area contributed by atoms with Gasteiger partial charge in [0.15, 0.2) is 0 Å². The van der Waals surface area contributed by atoms with Crippen LogP contribution in [0.4, 0.5) is 0 Å². The maximum Gasteiger partial charge on any atom is 0.122 e. The number of hydrogen-bond acceptors (Lipinski definition) is 6. The third-order valence-corrected chi connectivity index (χ3v) is 6.50. The lowest BCUT2D eigenvalue weighted by Crippen LogP contribution is -2.56. The molecule has 164 valence electrons. The molecule has 0 spiro atoms. The van der Waals surface area contributed by atoms with Gasteiger partial charge in [-0.05, 0) is 22.3 Å². The van der Waals surface area contributed by atoms with Crippen LogP contribution in [-0.4, -0.2) is 63.9 Å². The summed E-state index contributed by atoms with van der Waals surface area (Å²) in [7, 11) is 0. The fourth-order valence-electron chi connectivity index (χ4n) is 4.22. The molecule has 0 amide bonds. The quantitative estimate of drug-likeness (QED) is 0.401. The number of ether oxygens (including phenoxy) is 4. The highest BCUT2D eigenvalue weighted by Gasteiger charge is 2.38. The van der Waals surface area contributed by atoms with Crippen molar-refractivity contribution in [1.82, 2.24) is 10.6 Å². The smallest absolute Gasteiger partial charge is 0.122 e. The monoisotopic (exact) mass is 422 g/mol.